The topological polar surface area (TPSA) is 92.5 Å². The lowest BCUT2D eigenvalue weighted by molar-refractivity contribution is -0.123. The van der Waals surface area contributed by atoms with Crippen molar-refractivity contribution >= 4 is 15.9 Å². The maximum Gasteiger partial charge on any atom is 0.222 e. The predicted octanol–water partition coefficient (Wildman–Crippen LogP) is 0.578. The minimum absolute atomic E-state index is 0.0104. The average molecular weight is 317 g/mol. The van der Waals surface area contributed by atoms with Crippen molar-refractivity contribution in [2.75, 3.05) is 18.8 Å². The lowest BCUT2D eigenvalue weighted by Crippen LogP contribution is -2.49. The molecule has 122 valence electrons. The van der Waals surface area contributed by atoms with Crippen molar-refractivity contribution in [3.05, 3.63) is 0 Å². The summed E-state index contributed by atoms with van der Waals surface area (Å²) < 4.78 is 25.1. The van der Waals surface area contributed by atoms with Crippen molar-refractivity contribution in [1.29, 1.82) is 0 Å². The Morgan fingerprint density at radius 3 is 2.38 bits per heavy atom. The van der Waals surface area contributed by atoms with Gasteiger partial charge in [0.2, 0.25) is 15.9 Å². The SMILES string of the molecule is CCS(=O)(=O)N1CCC(NC(=O)CC2(N)CCCC2)CC1. The molecule has 0 atom stereocenters. The average Bonchev–Trinajstić information content (AvgIpc) is 2.85. The molecule has 7 heteroatoms. The Morgan fingerprint density at radius 2 is 1.86 bits per heavy atom. The van der Waals surface area contributed by atoms with E-state index in [-0.39, 0.29) is 23.2 Å². The largest absolute Gasteiger partial charge is 0.353 e. The Kier molecular flexibility index (Phi) is 5.27. The summed E-state index contributed by atoms with van der Waals surface area (Å²) in [5, 5.41) is 3.02. The molecule has 1 saturated heterocycles. The van der Waals surface area contributed by atoms with Crippen LogP contribution in [0.5, 0.6) is 0 Å². The number of hydrogen-bond acceptors (Lipinski definition) is 4. The number of piperidine rings is 1. The van der Waals surface area contributed by atoms with Crippen LogP contribution in [-0.2, 0) is 14.8 Å². The minimum atomic E-state index is -3.10. The van der Waals surface area contributed by atoms with Gasteiger partial charge < -0.3 is 11.1 Å². The molecule has 1 heterocycles. The summed E-state index contributed by atoms with van der Waals surface area (Å²) in [6.45, 7) is 2.65. The van der Waals surface area contributed by atoms with Crippen LogP contribution in [0.15, 0.2) is 0 Å². The first-order chi connectivity index (χ1) is 9.85. The number of nitrogens with one attached hydrogen (secondary N) is 1. The van der Waals surface area contributed by atoms with Gasteiger partial charge in [-0.2, -0.15) is 0 Å². The molecule has 1 aliphatic heterocycles. The van der Waals surface area contributed by atoms with Gasteiger partial charge >= 0.3 is 0 Å². The fraction of sp³-hybridized carbons (Fsp3) is 0.929. The predicted molar refractivity (Wildman–Crippen MR) is 82.2 cm³/mol. The molecular weight excluding hydrogens is 290 g/mol. The highest BCUT2D eigenvalue weighted by molar-refractivity contribution is 7.89. The molecule has 2 aliphatic rings. The number of sulfonamides is 1. The zero-order chi connectivity index (χ0) is 15.5. The minimum Gasteiger partial charge on any atom is -0.353 e. The van der Waals surface area contributed by atoms with Crippen LogP contribution in [0.2, 0.25) is 0 Å². The third kappa shape index (κ3) is 4.40. The second-order valence-corrected chi connectivity index (χ2v) is 8.65. The van der Waals surface area contributed by atoms with E-state index in [1.807, 2.05) is 0 Å². The summed E-state index contributed by atoms with van der Waals surface area (Å²) >= 11 is 0. The number of rotatable bonds is 5. The molecule has 0 radical (unpaired) electrons. The van der Waals surface area contributed by atoms with Gasteiger partial charge in [0, 0.05) is 31.1 Å². The van der Waals surface area contributed by atoms with E-state index in [1.165, 1.54) is 4.31 Å². The van der Waals surface area contributed by atoms with Gasteiger partial charge in [0.15, 0.2) is 0 Å². The standard InChI is InChI=1S/C14H27N3O3S/c1-2-21(19,20)17-9-5-12(6-10-17)16-13(18)11-14(15)7-3-4-8-14/h12H,2-11,15H2,1H3,(H,16,18). The van der Waals surface area contributed by atoms with Gasteiger partial charge in [0.25, 0.3) is 0 Å². The van der Waals surface area contributed by atoms with Gasteiger partial charge in [-0.25, -0.2) is 12.7 Å². The van der Waals surface area contributed by atoms with Gasteiger partial charge in [-0.3, -0.25) is 4.79 Å². The maximum atomic E-state index is 12.1. The van der Waals surface area contributed by atoms with E-state index in [4.69, 9.17) is 5.73 Å². The number of carbonyl (C=O) groups excluding carboxylic acids is 1. The van der Waals surface area contributed by atoms with Crippen molar-refractivity contribution < 1.29 is 13.2 Å². The molecular formula is C14H27N3O3S. The Morgan fingerprint density at radius 1 is 1.29 bits per heavy atom. The number of nitrogens with zero attached hydrogens (tertiary/aromatic N) is 1. The van der Waals surface area contributed by atoms with Crippen LogP contribution in [-0.4, -0.2) is 49.1 Å². The third-order valence-corrected chi connectivity index (χ3v) is 6.57. The molecule has 0 bridgehead atoms. The molecule has 1 amide bonds. The molecule has 0 aromatic heterocycles. The van der Waals surface area contributed by atoms with Crippen LogP contribution in [0.1, 0.15) is 51.9 Å². The highest BCUT2D eigenvalue weighted by atomic mass is 32.2. The van der Waals surface area contributed by atoms with Crippen LogP contribution in [0, 0.1) is 0 Å². The van der Waals surface area contributed by atoms with Crippen LogP contribution < -0.4 is 11.1 Å². The third-order valence-electron chi connectivity index (χ3n) is 4.69. The first-order valence-electron chi connectivity index (χ1n) is 7.91. The second-order valence-electron chi connectivity index (χ2n) is 6.39. The van der Waals surface area contributed by atoms with E-state index in [0.717, 1.165) is 25.7 Å². The van der Waals surface area contributed by atoms with Crippen molar-refractivity contribution in [2.45, 2.75) is 63.5 Å². The van der Waals surface area contributed by atoms with E-state index in [9.17, 15) is 13.2 Å². The van der Waals surface area contributed by atoms with E-state index >= 15 is 0 Å². The molecule has 0 aromatic rings. The van der Waals surface area contributed by atoms with Gasteiger partial charge in [-0.05, 0) is 32.6 Å². The van der Waals surface area contributed by atoms with Crippen LogP contribution in [0.4, 0.5) is 0 Å². The smallest absolute Gasteiger partial charge is 0.222 e. The Balaban J connectivity index is 1.77. The fourth-order valence-corrected chi connectivity index (χ4v) is 4.45. The molecule has 0 unspecified atom stereocenters. The van der Waals surface area contributed by atoms with Crippen molar-refractivity contribution in [2.24, 2.45) is 5.73 Å². The Labute approximate surface area is 127 Å². The summed E-state index contributed by atoms with van der Waals surface area (Å²) in [6.07, 6.45) is 5.82. The maximum absolute atomic E-state index is 12.1. The molecule has 0 spiro atoms. The highest BCUT2D eigenvalue weighted by Gasteiger charge is 2.33. The van der Waals surface area contributed by atoms with Crippen molar-refractivity contribution in [3.8, 4) is 0 Å². The molecule has 2 rings (SSSR count). The summed E-state index contributed by atoms with van der Waals surface area (Å²) in [5.74, 6) is 0.149. The molecule has 6 nitrogen and oxygen atoms in total. The summed E-state index contributed by atoms with van der Waals surface area (Å²) in [5.41, 5.74) is 5.89. The number of carbonyl (C=O) groups is 1. The fourth-order valence-electron chi connectivity index (χ4n) is 3.32. The lowest BCUT2D eigenvalue weighted by Gasteiger charge is -2.32. The van der Waals surface area contributed by atoms with Crippen molar-refractivity contribution in [1.82, 2.24) is 9.62 Å². The van der Waals surface area contributed by atoms with Gasteiger partial charge in [-0.15, -0.1) is 0 Å². The highest BCUT2D eigenvalue weighted by Crippen LogP contribution is 2.30. The summed E-state index contributed by atoms with van der Waals surface area (Å²) in [4.78, 5) is 12.1. The van der Waals surface area contributed by atoms with E-state index in [2.05, 4.69) is 5.32 Å². The van der Waals surface area contributed by atoms with Gasteiger partial charge in [0.1, 0.15) is 0 Å². The summed E-state index contributed by atoms with van der Waals surface area (Å²) in [6, 6.07) is 0.0748. The molecule has 2 fully saturated rings. The Hall–Kier alpha value is -0.660. The second kappa shape index (κ2) is 6.62. The quantitative estimate of drug-likeness (QED) is 0.776. The number of nitrogens with two attached hydrogens (primary N) is 1. The van der Waals surface area contributed by atoms with Crippen LogP contribution in [0.25, 0.3) is 0 Å². The number of amides is 1. The van der Waals surface area contributed by atoms with E-state index in [1.54, 1.807) is 6.92 Å². The zero-order valence-electron chi connectivity index (χ0n) is 12.8. The first-order valence-corrected chi connectivity index (χ1v) is 9.52. The van der Waals surface area contributed by atoms with Gasteiger partial charge in [-0.1, -0.05) is 12.8 Å². The first kappa shape index (κ1) is 16.7. The van der Waals surface area contributed by atoms with Crippen LogP contribution >= 0.6 is 0 Å². The molecule has 3 N–H and O–H groups in total. The molecule has 21 heavy (non-hydrogen) atoms. The lowest BCUT2D eigenvalue weighted by atomic mass is 9.94. The zero-order valence-corrected chi connectivity index (χ0v) is 13.6. The van der Waals surface area contributed by atoms with Crippen LogP contribution in [0.3, 0.4) is 0 Å². The molecule has 0 aromatic carbocycles. The van der Waals surface area contributed by atoms with E-state index in [0.29, 0.717) is 32.4 Å². The van der Waals surface area contributed by atoms with E-state index < -0.39 is 10.0 Å². The normalized spacial score (nSPS) is 24.1. The summed E-state index contributed by atoms with van der Waals surface area (Å²) in [7, 11) is -3.10. The number of hydrogen-bond donors (Lipinski definition) is 2. The van der Waals surface area contributed by atoms with Gasteiger partial charge in [0.05, 0.1) is 5.75 Å². The van der Waals surface area contributed by atoms with Crippen molar-refractivity contribution in [3.63, 3.8) is 0 Å². The molecule has 1 saturated carbocycles. The monoisotopic (exact) mass is 317 g/mol. The Bertz CT molecular complexity index is 464. The molecule has 1 aliphatic carbocycles.